The smallest absolute Gasteiger partial charge is 0.258 e. The maximum Gasteiger partial charge on any atom is 0.258 e. The van der Waals surface area contributed by atoms with Crippen LogP contribution in [0.1, 0.15) is 27.2 Å². The van der Waals surface area contributed by atoms with Crippen molar-refractivity contribution in [1.82, 2.24) is 5.32 Å². The highest BCUT2D eigenvalue weighted by Gasteiger charge is 2.25. The lowest BCUT2D eigenvalue weighted by Gasteiger charge is -2.31. The van der Waals surface area contributed by atoms with Crippen molar-refractivity contribution in [2.75, 3.05) is 12.5 Å². The molecule has 0 heterocycles. The molecule has 5 heteroatoms. The van der Waals surface area contributed by atoms with E-state index in [1.165, 1.54) is 0 Å². The predicted molar refractivity (Wildman–Crippen MR) is 83.7 cm³/mol. The number of carbonyl (C=O) groups excluding carboxylic acids is 1. The molecule has 0 saturated carbocycles. The summed E-state index contributed by atoms with van der Waals surface area (Å²) in [4.78, 5) is 11.9. The summed E-state index contributed by atoms with van der Waals surface area (Å²) in [6, 6.07) is 7.00. The Morgan fingerprint density at radius 2 is 2.10 bits per heavy atom. The van der Waals surface area contributed by atoms with Crippen LogP contribution in [0.3, 0.4) is 0 Å². The first kappa shape index (κ1) is 17.1. The minimum atomic E-state index is -0.157. The molecule has 0 saturated heterocycles. The van der Waals surface area contributed by atoms with Crippen molar-refractivity contribution in [2.45, 2.75) is 33.2 Å². The molecule has 0 aliphatic rings. The lowest BCUT2D eigenvalue weighted by Crippen LogP contribution is -2.45. The number of hydrogen-bond acceptors (Lipinski definition) is 2. The summed E-state index contributed by atoms with van der Waals surface area (Å²) in [5.74, 6) is 0.935. The van der Waals surface area contributed by atoms with Gasteiger partial charge in [-0.1, -0.05) is 38.4 Å². The van der Waals surface area contributed by atoms with Crippen LogP contribution in [0.15, 0.2) is 24.3 Å². The Kier molecular flexibility index (Phi) is 6.63. The number of hydrogen-bond donors (Lipinski definition) is 1. The van der Waals surface area contributed by atoms with E-state index in [2.05, 4.69) is 26.1 Å². The molecule has 0 aliphatic carbocycles. The molecule has 1 N–H and O–H groups in total. The Bertz CT molecular complexity index is 444. The molecule has 1 aromatic rings. The number of alkyl halides is 1. The molecule has 1 atom stereocenters. The first-order valence-electron chi connectivity index (χ1n) is 6.56. The Morgan fingerprint density at radius 1 is 1.40 bits per heavy atom. The molecule has 0 fully saturated rings. The summed E-state index contributed by atoms with van der Waals surface area (Å²) < 4.78 is 5.41. The van der Waals surface area contributed by atoms with Crippen LogP contribution in [0.4, 0.5) is 0 Å². The van der Waals surface area contributed by atoms with Crippen LogP contribution in [-0.2, 0) is 4.79 Å². The summed E-state index contributed by atoms with van der Waals surface area (Å²) >= 11 is 11.6. The quantitative estimate of drug-likeness (QED) is 0.809. The zero-order valence-corrected chi connectivity index (χ0v) is 13.6. The number of carbonyl (C=O) groups is 1. The van der Waals surface area contributed by atoms with Crippen LogP contribution >= 0.6 is 23.2 Å². The number of halogens is 2. The fraction of sp³-hybridized carbons (Fsp3) is 0.533. The first-order valence-corrected chi connectivity index (χ1v) is 7.48. The normalized spacial score (nSPS) is 12.8. The average Bonchev–Trinajstić information content (AvgIpc) is 2.35. The van der Waals surface area contributed by atoms with Crippen molar-refractivity contribution in [2.24, 2.45) is 5.41 Å². The summed E-state index contributed by atoms with van der Waals surface area (Å²) in [6.45, 7) is 6.18. The molecular weight excluding hydrogens is 297 g/mol. The van der Waals surface area contributed by atoms with E-state index in [0.29, 0.717) is 16.7 Å². The number of ether oxygens (including phenoxy) is 1. The van der Waals surface area contributed by atoms with Gasteiger partial charge in [-0.25, -0.2) is 0 Å². The molecule has 0 aliphatic heterocycles. The van der Waals surface area contributed by atoms with Gasteiger partial charge >= 0.3 is 0 Å². The molecule has 1 unspecified atom stereocenters. The maximum absolute atomic E-state index is 11.9. The molecular formula is C15H21Cl2NO2. The van der Waals surface area contributed by atoms with Crippen LogP contribution in [0.5, 0.6) is 5.75 Å². The summed E-state index contributed by atoms with van der Waals surface area (Å²) in [5, 5.41) is 3.54. The van der Waals surface area contributed by atoms with Crippen molar-refractivity contribution >= 4 is 29.1 Å². The third-order valence-corrected chi connectivity index (χ3v) is 3.40. The molecule has 20 heavy (non-hydrogen) atoms. The van der Waals surface area contributed by atoms with Crippen LogP contribution in [-0.4, -0.2) is 24.4 Å². The third-order valence-electron chi connectivity index (χ3n) is 2.94. The molecule has 1 rings (SSSR count). The number of benzene rings is 1. The molecule has 1 aromatic carbocycles. The second kappa shape index (κ2) is 7.75. The molecule has 0 spiro atoms. The second-order valence-corrected chi connectivity index (χ2v) is 6.52. The van der Waals surface area contributed by atoms with Crippen molar-refractivity contribution in [1.29, 1.82) is 0 Å². The highest BCUT2D eigenvalue weighted by molar-refractivity contribution is 6.30. The van der Waals surface area contributed by atoms with Crippen molar-refractivity contribution < 1.29 is 9.53 Å². The Hall–Kier alpha value is -0.930. The number of nitrogens with one attached hydrogen (secondary N) is 1. The highest BCUT2D eigenvalue weighted by atomic mass is 35.5. The van der Waals surface area contributed by atoms with E-state index < -0.39 is 0 Å². The van der Waals surface area contributed by atoms with Crippen LogP contribution in [0, 0.1) is 5.41 Å². The van der Waals surface area contributed by atoms with E-state index in [1.54, 1.807) is 24.3 Å². The predicted octanol–water partition coefficient (Wildman–Crippen LogP) is 3.88. The molecule has 1 amide bonds. The Labute approximate surface area is 130 Å². The van der Waals surface area contributed by atoms with Gasteiger partial charge in [-0.05, 0) is 30.0 Å². The largest absolute Gasteiger partial charge is 0.484 e. The van der Waals surface area contributed by atoms with Crippen LogP contribution in [0.2, 0.25) is 5.02 Å². The Balaban J connectivity index is 2.50. The van der Waals surface area contributed by atoms with Gasteiger partial charge < -0.3 is 10.1 Å². The van der Waals surface area contributed by atoms with Crippen molar-refractivity contribution in [3.63, 3.8) is 0 Å². The van der Waals surface area contributed by atoms with Gasteiger partial charge in [0.2, 0.25) is 0 Å². The lowest BCUT2D eigenvalue weighted by molar-refractivity contribution is -0.124. The lowest BCUT2D eigenvalue weighted by atomic mass is 9.85. The standard InChI is InChI=1S/C15H21Cl2NO2/c1-15(2,3)13(7-8-16)18-14(19)10-20-12-6-4-5-11(17)9-12/h4-6,9,13H,7-8,10H2,1-3H3,(H,18,19). The van der Waals surface area contributed by atoms with E-state index in [1.807, 2.05) is 0 Å². The second-order valence-electron chi connectivity index (χ2n) is 5.71. The van der Waals surface area contributed by atoms with E-state index in [-0.39, 0.29) is 24.0 Å². The van der Waals surface area contributed by atoms with Gasteiger partial charge in [0, 0.05) is 16.9 Å². The minimum Gasteiger partial charge on any atom is -0.484 e. The molecule has 0 radical (unpaired) electrons. The maximum atomic E-state index is 11.9. The van der Waals surface area contributed by atoms with Gasteiger partial charge in [0.25, 0.3) is 5.91 Å². The van der Waals surface area contributed by atoms with Gasteiger partial charge in [-0.15, -0.1) is 11.6 Å². The fourth-order valence-corrected chi connectivity index (χ4v) is 2.17. The van der Waals surface area contributed by atoms with Crippen molar-refractivity contribution in [3.8, 4) is 5.75 Å². The van der Waals surface area contributed by atoms with Gasteiger partial charge in [0.05, 0.1) is 0 Å². The monoisotopic (exact) mass is 317 g/mol. The zero-order valence-electron chi connectivity index (χ0n) is 12.1. The van der Waals surface area contributed by atoms with E-state index in [0.717, 1.165) is 6.42 Å². The van der Waals surface area contributed by atoms with E-state index in [9.17, 15) is 4.79 Å². The van der Waals surface area contributed by atoms with Crippen LogP contribution < -0.4 is 10.1 Å². The number of amides is 1. The van der Waals surface area contributed by atoms with Crippen LogP contribution in [0.25, 0.3) is 0 Å². The van der Waals surface area contributed by atoms with Gasteiger partial charge in [-0.3, -0.25) is 4.79 Å². The Morgan fingerprint density at radius 3 is 2.65 bits per heavy atom. The first-order chi connectivity index (χ1) is 9.32. The topological polar surface area (TPSA) is 38.3 Å². The molecule has 3 nitrogen and oxygen atoms in total. The number of rotatable bonds is 6. The highest BCUT2D eigenvalue weighted by Crippen LogP contribution is 2.22. The zero-order chi connectivity index (χ0) is 15.2. The van der Waals surface area contributed by atoms with Gasteiger partial charge in [-0.2, -0.15) is 0 Å². The van der Waals surface area contributed by atoms with E-state index in [4.69, 9.17) is 27.9 Å². The fourth-order valence-electron chi connectivity index (χ4n) is 1.77. The van der Waals surface area contributed by atoms with Gasteiger partial charge in [0.1, 0.15) is 5.75 Å². The van der Waals surface area contributed by atoms with E-state index >= 15 is 0 Å². The molecule has 0 bridgehead atoms. The third kappa shape index (κ3) is 6.02. The SMILES string of the molecule is CC(C)(C)C(CCCl)NC(=O)COc1cccc(Cl)c1. The molecule has 0 aromatic heterocycles. The van der Waals surface area contributed by atoms with Crippen molar-refractivity contribution in [3.05, 3.63) is 29.3 Å². The summed E-state index contributed by atoms with van der Waals surface area (Å²) in [5.41, 5.74) is -0.0411. The minimum absolute atomic E-state index is 0.0236. The summed E-state index contributed by atoms with van der Waals surface area (Å²) in [6.07, 6.45) is 0.730. The average molecular weight is 318 g/mol. The summed E-state index contributed by atoms with van der Waals surface area (Å²) in [7, 11) is 0. The van der Waals surface area contributed by atoms with Gasteiger partial charge in [0.15, 0.2) is 6.61 Å². The molecule has 112 valence electrons.